The molecule has 7 amide bonds. The van der Waals surface area contributed by atoms with Crippen LogP contribution in [-0.2, 0) is 44.8 Å². The first-order valence-corrected chi connectivity index (χ1v) is 24.3. The van der Waals surface area contributed by atoms with Crippen molar-refractivity contribution < 1.29 is 43.5 Å². The van der Waals surface area contributed by atoms with Gasteiger partial charge in [-0.15, -0.1) is 0 Å². The van der Waals surface area contributed by atoms with E-state index >= 15 is 0 Å². The zero-order valence-electron chi connectivity index (χ0n) is 40.6. The number of nitrogens with zero attached hydrogens (tertiary/aromatic N) is 1. The summed E-state index contributed by atoms with van der Waals surface area (Å²) in [5, 5.41) is 45.1. The predicted octanol–water partition coefficient (Wildman–Crippen LogP) is 0.260. The first-order chi connectivity index (χ1) is 33.0. The molecule has 0 spiro atoms. The Balaban J connectivity index is 3.23. The number of aromatic nitrogens is 2. The van der Waals surface area contributed by atoms with Gasteiger partial charge < -0.3 is 69.8 Å². The number of carboxylic acids is 1. The van der Waals surface area contributed by atoms with Gasteiger partial charge in [0.1, 0.15) is 30.2 Å². The van der Waals surface area contributed by atoms with Crippen molar-refractivity contribution in [2.45, 2.75) is 185 Å². The fourth-order valence-corrected chi connectivity index (χ4v) is 7.34. The summed E-state index contributed by atoms with van der Waals surface area (Å²) in [5.74, 6) is -6.99. The summed E-state index contributed by atoms with van der Waals surface area (Å²) in [5.41, 5.74) is 16.5. The van der Waals surface area contributed by atoms with Crippen molar-refractivity contribution in [2.75, 3.05) is 20.1 Å². The maximum Gasteiger partial charge on any atom is 0.303 e. The Labute approximate surface area is 405 Å². The van der Waals surface area contributed by atoms with Crippen LogP contribution in [0.3, 0.4) is 0 Å². The molecule has 1 aromatic heterocycles. The molecule has 1 rings (SSSR count). The van der Waals surface area contributed by atoms with Gasteiger partial charge in [-0.05, 0) is 44.9 Å². The molecule has 0 saturated carbocycles. The molecule has 0 aliphatic heterocycles. The van der Waals surface area contributed by atoms with E-state index in [1.807, 2.05) is 0 Å². The number of hydrogen-bond acceptors (Lipinski definition) is 11. The number of imidazole rings is 1. The first kappa shape index (κ1) is 60.5. The van der Waals surface area contributed by atoms with E-state index in [4.69, 9.17) is 28.0 Å². The van der Waals surface area contributed by atoms with E-state index in [1.54, 1.807) is 0 Å². The first-order valence-electron chi connectivity index (χ1n) is 24.3. The minimum absolute atomic E-state index is 0.0398. The predicted molar refractivity (Wildman–Crippen MR) is 260 cm³/mol. The summed E-state index contributed by atoms with van der Waals surface area (Å²) in [6.07, 6.45) is 16.5. The van der Waals surface area contributed by atoms with Crippen LogP contribution in [-0.4, -0.2) is 125 Å². The number of unbranched alkanes of at least 4 members (excludes halogenated alkanes) is 12. The average Bonchev–Trinajstić information content (AvgIpc) is 3.82. The normalized spacial score (nSPS) is 13.0. The monoisotopic (exact) mass is 976 g/mol. The number of aromatic amines is 1. The molecule has 0 fully saturated rings. The minimum atomic E-state index is -1.42. The van der Waals surface area contributed by atoms with Crippen LogP contribution in [0.1, 0.15) is 154 Å². The molecule has 0 aliphatic rings. The van der Waals surface area contributed by atoms with Crippen molar-refractivity contribution in [2.24, 2.45) is 17.2 Å². The zero-order valence-corrected chi connectivity index (χ0v) is 40.6. The molecular weight excluding hydrogens is 895 g/mol. The molecule has 18 N–H and O–H groups in total. The highest BCUT2D eigenvalue weighted by Gasteiger charge is 2.33. The van der Waals surface area contributed by atoms with E-state index in [0.717, 1.165) is 25.7 Å². The summed E-state index contributed by atoms with van der Waals surface area (Å²) in [6, 6.07) is -6.62. The second-order valence-corrected chi connectivity index (χ2v) is 17.1. The molecule has 0 aliphatic carbocycles. The number of aliphatic carboxylic acids is 1. The van der Waals surface area contributed by atoms with Gasteiger partial charge in [0, 0.05) is 52.0 Å². The molecule has 0 saturated heterocycles. The molecular formula is C45H81N15O9. The Hall–Kier alpha value is -6.49. The van der Waals surface area contributed by atoms with E-state index in [2.05, 4.69) is 59.4 Å². The smallest absolute Gasteiger partial charge is 0.303 e. The number of hydrogen-bond donors (Lipinski definition) is 15. The number of carbonyl (C=O) groups excluding carboxylic acids is 7. The van der Waals surface area contributed by atoms with Gasteiger partial charge in [0.15, 0.2) is 11.9 Å². The van der Waals surface area contributed by atoms with Crippen LogP contribution in [0.15, 0.2) is 12.5 Å². The fraction of sp³-hybridized carbons (Fsp3) is 0.711. The highest BCUT2D eigenvalue weighted by molar-refractivity contribution is 5.96. The van der Waals surface area contributed by atoms with Gasteiger partial charge in [0.25, 0.3) is 0 Å². The van der Waals surface area contributed by atoms with E-state index in [9.17, 15) is 43.5 Å². The average molecular weight is 976 g/mol. The molecule has 0 unspecified atom stereocenters. The van der Waals surface area contributed by atoms with E-state index in [0.29, 0.717) is 12.1 Å². The number of guanidine groups is 2. The Morgan fingerprint density at radius 3 is 1.41 bits per heavy atom. The number of amides is 7. The molecule has 390 valence electrons. The summed E-state index contributed by atoms with van der Waals surface area (Å²) in [7, 11) is 1.34. The summed E-state index contributed by atoms with van der Waals surface area (Å²) >= 11 is 0. The number of likely N-dealkylation sites (N-methyl/N-ethyl adjacent to an activating group) is 1. The van der Waals surface area contributed by atoms with E-state index in [1.165, 1.54) is 70.9 Å². The Bertz CT molecular complexity index is 1750. The van der Waals surface area contributed by atoms with E-state index < -0.39 is 83.9 Å². The van der Waals surface area contributed by atoms with Crippen molar-refractivity contribution in [3.63, 3.8) is 0 Å². The fourth-order valence-electron chi connectivity index (χ4n) is 7.34. The van der Waals surface area contributed by atoms with Crippen LogP contribution in [0.5, 0.6) is 0 Å². The Kier molecular flexibility index (Phi) is 32.1. The SMILES string of the molecule is CCCCCCCCCCCCCCCC(=O)N[C@@H](CCC(=O)O)C(=O)N[C@@H](CCCNC(=N)N)C(=O)N[C@@H](Cc1c[nH]cn1)C(=O)N[C@@H](CCCNC(=N)N)C(=O)N[C@@H](CCC(N)=O)C(=O)NC. The van der Waals surface area contributed by atoms with Crippen LogP contribution < -0.4 is 59.7 Å². The van der Waals surface area contributed by atoms with Crippen molar-refractivity contribution in [1.82, 2.24) is 52.5 Å². The van der Waals surface area contributed by atoms with Crippen LogP contribution >= 0.6 is 0 Å². The lowest BCUT2D eigenvalue weighted by atomic mass is 10.0. The number of rotatable bonds is 40. The molecule has 5 atom stereocenters. The summed E-state index contributed by atoms with van der Waals surface area (Å²) < 4.78 is 0. The van der Waals surface area contributed by atoms with Gasteiger partial charge in [0.2, 0.25) is 41.4 Å². The Morgan fingerprint density at radius 2 is 0.986 bits per heavy atom. The van der Waals surface area contributed by atoms with Crippen LogP contribution in [0, 0.1) is 10.8 Å². The van der Waals surface area contributed by atoms with Gasteiger partial charge in [-0.1, -0.05) is 84.0 Å². The molecule has 0 radical (unpaired) electrons. The number of nitrogens with one attached hydrogen (secondary N) is 11. The largest absolute Gasteiger partial charge is 0.481 e. The van der Waals surface area contributed by atoms with Crippen LogP contribution in [0.25, 0.3) is 0 Å². The van der Waals surface area contributed by atoms with Crippen molar-refractivity contribution in [3.05, 3.63) is 18.2 Å². The molecule has 0 aromatic carbocycles. The number of H-pyrrole nitrogens is 1. The molecule has 1 heterocycles. The quantitative estimate of drug-likeness (QED) is 0.0238. The van der Waals surface area contributed by atoms with Gasteiger partial charge in [-0.3, -0.25) is 49.2 Å². The van der Waals surface area contributed by atoms with Gasteiger partial charge in [-0.2, -0.15) is 0 Å². The maximum absolute atomic E-state index is 14.2. The van der Waals surface area contributed by atoms with Crippen molar-refractivity contribution in [3.8, 4) is 0 Å². The lowest BCUT2D eigenvalue weighted by molar-refractivity contribution is -0.138. The minimum Gasteiger partial charge on any atom is -0.481 e. The lowest BCUT2D eigenvalue weighted by Gasteiger charge is -2.27. The number of carbonyl (C=O) groups is 8. The molecule has 24 nitrogen and oxygen atoms in total. The lowest BCUT2D eigenvalue weighted by Crippen LogP contribution is -2.59. The summed E-state index contributed by atoms with van der Waals surface area (Å²) in [4.78, 5) is 112. The zero-order chi connectivity index (χ0) is 51.4. The number of primary amides is 1. The molecule has 69 heavy (non-hydrogen) atoms. The van der Waals surface area contributed by atoms with Crippen molar-refractivity contribution in [1.29, 1.82) is 10.8 Å². The number of nitrogens with two attached hydrogens (primary N) is 3. The molecule has 1 aromatic rings. The standard InChI is InChI=1S/C45H81N15O9/c1-3-4-5-6-7-8-9-10-11-12-13-14-15-20-37(62)56-34(22-24-38(63)64)42(68)57-32(19-17-26-54-45(49)50)41(67)60-35(27-30-28-52-29-55-30)43(69)58-31(18-16-25-53-44(47)48)40(66)59-33(39(65)51-2)21-23-36(46)61/h28-29,31-35H,3-27H2,1-2H3,(H2,46,61)(H,51,65)(H,52,55)(H,56,62)(H,57,68)(H,58,69)(H,59,66)(H,60,67)(H,63,64)(H4,47,48,53)(H4,49,50,54)/t31-,32-,33-,34-,35-/m0/s1. The second-order valence-electron chi connectivity index (χ2n) is 17.1. The highest BCUT2D eigenvalue weighted by Crippen LogP contribution is 2.14. The van der Waals surface area contributed by atoms with Gasteiger partial charge >= 0.3 is 5.97 Å². The van der Waals surface area contributed by atoms with Gasteiger partial charge in [-0.25, -0.2) is 4.98 Å². The Morgan fingerprint density at radius 1 is 0.565 bits per heavy atom. The highest BCUT2D eigenvalue weighted by atomic mass is 16.4. The topological polar surface area (TPSA) is 407 Å². The van der Waals surface area contributed by atoms with E-state index in [-0.39, 0.29) is 82.8 Å². The van der Waals surface area contributed by atoms with Crippen molar-refractivity contribution >= 4 is 59.2 Å². The van der Waals surface area contributed by atoms with Crippen LogP contribution in [0.4, 0.5) is 0 Å². The third-order valence-electron chi connectivity index (χ3n) is 11.2. The molecule has 0 bridgehead atoms. The van der Waals surface area contributed by atoms with Gasteiger partial charge in [0.05, 0.1) is 12.0 Å². The van der Waals surface area contributed by atoms with Crippen LogP contribution in [0.2, 0.25) is 0 Å². The maximum atomic E-state index is 14.2. The molecule has 24 heteroatoms. The third kappa shape index (κ3) is 29.8. The number of carboxylic acid groups (broad SMARTS) is 1. The third-order valence-corrected chi connectivity index (χ3v) is 11.2. The summed E-state index contributed by atoms with van der Waals surface area (Å²) in [6.45, 7) is 2.47. The second kappa shape index (κ2) is 36.5.